The van der Waals surface area contributed by atoms with Crippen molar-refractivity contribution in [1.82, 2.24) is 10.2 Å². The number of hydrogen-bond acceptors (Lipinski definition) is 3. The van der Waals surface area contributed by atoms with Crippen molar-refractivity contribution < 1.29 is 4.79 Å². The number of nitrogens with one attached hydrogen (secondary N) is 1. The van der Waals surface area contributed by atoms with Crippen molar-refractivity contribution in [2.75, 3.05) is 27.7 Å². The average Bonchev–Trinajstić information content (AvgIpc) is 2.20. The first-order valence-electron chi connectivity index (χ1n) is 5.15. The molecule has 0 saturated carbocycles. The van der Waals surface area contributed by atoms with Gasteiger partial charge >= 0.3 is 0 Å². The number of nitrogens with zero attached hydrogens (tertiary/aromatic N) is 1. The fraction of sp³-hybridized carbons (Fsp3) is 0.417. The molecule has 16 heavy (non-hydrogen) atoms. The number of carbonyl (C=O) groups excluding carboxylic acids is 1. The molecule has 0 aliphatic rings. The predicted octanol–water partition coefficient (Wildman–Crippen LogP) is 1.80. The summed E-state index contributed by atoms with van der Waals surface area (Å²) in [7, 11) is 5.71. The maximum absolute atomic E-state index is 11.6. The molecule has 1 aromatic rings. The summed E-state index contributed by atoms with van der Waals surface area (Å²) < 4.78 is 0. The highest BCUT2D eigenvalue weighted by Crippen LogP contribution is 2.19. The third-order valence-corrected chi connectivity index (χ3v) is 2.55. The summed E-state index contributed by atoms with van der Waals surface area (Å²) in [6.07, 6.45) is 0. The number of Topliss-reactive ketones (excluding diaryl/α,β-unsaturated/α-hetero) is 1. The number of hydrogen-bond donors (Lipinski definition) is 1. The zero-order valence-corrected chi connectivity index (χ0v) is 10.6. The Hall–Kier alpha value is -0.900. The monoisotopic (exact) mass is 240 g/mol. The van der Waals surface area contributed by atoms with Crippen molar-refractivity contribution in [3.63, 3.8) is 0 Å². The van der Waals surface area contributed by atoms with E-state index in [0.29, 0.717) is 17.1 Å². The maximum Gasteiger partial charge on any atom is 0.176 e. The highest BCUT2D eigenvalue weighted by atomic mass is 35.5. The van der Waals surface area contributed by atoms with Crippen LogP contribution in [0, 0.1) is 0 Å². The summed E-state index contributed by atoms with van der Waals surface area (Å²) in [6.45, 7) is 1.11. The van der Waals surface area contributed by atoms with Crippen LogP contribution in [0.2, 0.25) is 5.02 Å². The Morgan fingerprint density at radius 2 is 2.12 bits per heavy atom. The van der Waals surface area contributed by atoms with Crippen LogP contribution < -0.4 is 5.32 Å². The number of carbonyl (C=O) groups is 1. The van der Waals surface area contributed by atoms with Crippen LogP contribution in [0.5, 0.6) is 0 Å². The molecule has 0 bridgehead atoms. The first-order valence-corrected chi connectivity index (χ1v) is 5.53. The second-order valence-electron chi connectivity index (χ2n) is 4.00. The van der Waals surface area contributed by atoms with Crippen LogP contribution in [0.1, 0.15) is 15.9 Å². The van der Waals surface area contributed by atoms with Gasteiger partial charge < -0.3 is 10.2 Å². The van der Waals surface area contributed by atoms with E-state index in [1.165, 1.54) is 0 Å². The molecule has 0 atom stereocenters. The van der Waals surface area contributed by atoms with Crippen molar-refractivity contribution in [2.24, 2.45) is 0 Å². The Kier molecular flexibility index (Phi) is 4.93. The van der Waals surface area contributed by atoms with Gasteiger partial charge in [-0.05, 0) is 32.8 Å². The van der Waals surface area contributed by atoms with Crippen LogP contribution in [0.25, 0.3) is 0 Å². The Morgan fingerprint density at radius 3 is 2.62 bits per heavy atom. The number of rotatable bonds is 5. The zero-order chi connectivity index (χ0) is 12.1. The largest absolute Gasteiger partial charge is 0.313 e. The maximum atomic E-state index is 11.6. The topological polar surface area (TPSA) is 32.3 Å². The lowest BCUT2D eigenvalue weighted by atomic mass is 10.1. The minimum atomic E-state index is 0.0563. The van der Waals surface area contributed by atoms with Crippen LogP contribution >= 0.6 is 11.6 Å². The van der Waals surface area contributed by atoms with Gasteiger partial charge in [-0.1, -0.05) is 23.7 Å². The van der Waals surface area contributed by atoms with Crippen LogP contribution in [0.4, 0.5) is 0 Å². The van der Waals surface area contributed by atoms with E-state index in [4.69, 9.17) is 11.6 Å². The van der Waals surface area contributed by atoms with E-state index in [9.17, 15) is 4.79 Å². The molecule has 0 heterocycles. The first-order chi connectivity index (χ1) is 7.54. The molecule has 88 valence electrons. The SMILES string of the molecule is CNCC(=O)c1ccc(CN(C)C)c(Cl)c1. The number of ketones is 1. The van der Waals surface area contributed by atoms with Gasteiger partial charge in [-0.25, -0.2) is 0 Å². The smallest absolute Gasteiger partial charge is 0.176 e. The van der Waals surface area contributed by atoms with E-state index in [1.54, 1.807) is 13.1 Å². The highest BCUT2D eigenvalue weighted by molar-refractivity contribution is 6.31. The molecule has 0 aliphatic carbocycles. The zero-order valence-electron chi connectivity index (χ0n) is 9.88. The van der Waals surface area contributed by atoms with Crippen LogP contribution in [-0.2, 0) is 6.54 Å². The van der Waals surface area contributed by atoms with Crippen LogP contribution in [0.3, 0.4) is 0 Å². The Labute approximate surface area is 101 Å². The third kappa shape index (κ3) is 3.59. The molecule has 0 saturated heterocycles. The molecule has 0 aliphatic heterocycles. The molecule has 0 unspecified atom stereocenters. The van der Waals surface area contributed by atoms with Crippen molar-refractivity contribution in [1.29, 1.82) is 0 Å². The molecule has 0 fully saturated rings. The molecule has 3 nitrogen and oxygen atoms in total. The van der Waals surface area contributed by atoms with Crippen molar-refractivity contribution in [2.45, 2.75) is 6.54 Å². The van der Waals surface area contributed by atoms with Gasteiger partial charge in [0.2, 0.25) is 0 Å². The van der Waals surface area contributed by atoms with Gasteiger partial charge in [0.1, 0.15) is 0 Å². The fourth-order valence-corrected chi connectivity index (χ4v) is 1.69. The van der Waals surface area contributed by atoms with E-state index in [2.05, 4.69) is 5.32 Å². The lowest BCUT2D eigenvalue weighted by Gasteiger charge is -2.11. The van der Waals surface area contributed by atoms with Gasteiger partial charge in [0.15, 0.2) is 5.78 Å². The van der Waals surface area contributed by atoms with Gasteiger partial charge in [0.05, 0.1) is 6.54 Å². The number of benzene rings is 1. The molecule has 0 spiro atoms. The lowest BCUT2D eigenvalue weighted by molar-refractivity contribution is 0.0993. The minimum absolute atomic E-state index is 0.0563. The van der Waals surface area contributed by atoms with Crippen LogP contribution in [-0.4, -0.2) is 38.4 Å². The molecular formula is C12H17ClN2O. The van der Waals surface area contributed by atoms with Gasteiger partial charge in [0, 0.05) is 17.1 Å². The molecule has 4 heteroatoms. The third-order valence-electron chi connectivity index (χ3n) is 2.20. The van der Waals surface area contributed by atoms with Crippen molar-refractivity contribution >= 4 is 17.4 Å². The average molecular weight is 241 g/mol. The fourth-order valence-electron chi connectivity index (χ4n) is 1.45. The molecule has 1 N–H and O–H groups in total. The molecule has 0 radical (unpaired) electrons. The van der Waals surface area contributed by atoms with E-state index in [1.807, 2.05) is 31.1 Å². The standard InChI is InChI=1S/C12H17ClN2O/c1-14-7-12(16)9-4-5-10(8-15(2)3)11(13)6-9/h4-6,14H,7-8H2,1-3H3. The molecular weight excluding hydrogens is 224 g/mol. The summed E-state index contributed by atoms with van der Waals surface area (Å²) in [6, 6.07) is 5.47. The molecule has 1 rings (SSSR count). The highest BCUT2D eigenvalue weighted by Gasteiger charge is 2.08. The molecule has 0 aromatic heterocycles. The first kappa shape index (κ1) is 13.2. The van der Waals surface area contributed by atoms with Gasteiger partial charge in [0.25, 0.3) is 0 Å². The van der Waals surface area contributed by atoms with Gasteiger partial charge in [-0.2, -0.15) is 0 Å². The second kappa shape index (κ2) is 5.99. The van der Waals surface area contributed by atoms with Gasteiger partial charge in [-0.15, -0.1) is 0 Å². The van der Waals surface area contributed by atoms with Crippen molar-refractivity contribution in [3.05, 3.63) is 34.3 Å². The normalized spacial score (nSPS) is 10.8. The van der Waals surface area contributed by atoms with E-state index in [-0.39, 0.29) is 5.78 Å². The summed E-state index contributed by atoms with van der Waals surface area (Å²) in [5, 5.41) is 3.48. The Morgan fingerprint density at radius 1 is 1.44 bits per heavy atom. The summed E-state index contributed by atoms with van der Waals surface area (Å²) >= 11 is 6.12. The quantitative estimate of drug-likeness (QED) is 0.797. The summed E-state index contributed by atoms with van der Waals surface area (Å²) in [5.74, 6) is 0.0563. The minimum Gasteiger partial charge on any atom is -0.313 e. The van der Waals surface area contributed by atoms with Gasteiger partial charge in [-0.3, -0.25) is 4.79 Å². The van der Waals surface area contributed by atoms with Crippen molar-refractivity contribution in [3.8, 4) is 0 Å². The molecule has 1 aromatic carbocycles. The summed E-state index contributed by atoms with van der Waals surface area (Å²) in [5.41, 5.74) is 1.69. The Bertz CT molecular complexity index is 377. The number of likely N-dealkylation sites (N-methyl/N-ethyl adjacent to an activating group) is 1. The van der Waals surface area contributed by atoms with E-state index >= 15 is 0 Å². The number of halogens is 1. The molecule has 0 amide bonds. The van der Waals surface area contributed by atoms with E-state index < -0.39 is 0 Å². The lowest BCUT2D eigenvalue weighted by Crippen LogP contribution is -2.18. The Balaban J connectivity index is 2.86. The second-order valence-corrected chi connectivity index (χ2v) is 4.40. The summed E-state index contributed by atoms with van der Waals surface area (Å²) in [4.78, 5) is 13.6. The predicted molar refractivity (Wildman–Crippen MR) is 67.1 cm³/mol. The van der Waals surface area contributed by atoms with E-state index in [0.717, 1.165) is 12.1 Å². The van der Waals surface area contributed by atoms with Crippen LogP contribution in [0.15, 0.2) is 18.2 Å².